The third kappa shape index (κ3) is 4.27. The molecule has 2 N–H and O–H groups in total. The normalized spacial score (nSPS) is 15.0. The van der Waals surface area contributed by atoms with E-state index in [-0.39, 0.29) is 34.7 Å². The van der Waals surface area contributed by atoms with Gasteiger partial charge in [0, 0.05) is 6.04 Å². The van der Waals surface area contributed by atoms with E-state index in [1.165, 1.54) is 17.9 Å². The van der Waals surface area contributed by atoms with Gasteiger partial charge in [0.25, 0.3) is 5.56 Å². The number of rotatable bonds is 5. The van der Waals surface area contributed by atoms with E-state index in [1.54, 1.807) is 12.1 Å². The highest BCUT2D eigenvalue weighted by Gasteiger charge is 2.18. The van der Waals surface area contributed by atoms with Crippen LogP contribution in [0.25, 0.3) is 5.69 Å². The Labute approximate surface area is 156 Å². The zero-order chi connectivity index (χ0) is 18.5. The summed E-state index contributed by atoms with van der Waals surface area (Å²) in [5.74, 6) is -0.216. The van der Waals surface area contributed by atoms with Crippen molar-refractivity contribution in [3.63, 3.8) is 0 Å². The van der Waals surface area contributed by atoms with Gasteiger partial charge in [0.1, 0.15) is 0 Å². The minimum Gasteiger partial charge on any atom is -0.493 e. The minimum absolute atomic E-state index is 0.0733. The van der Waals surface area contributed by atoms with Crippen LogP contribution in [0.2, 0.25) is 0 Å². The van der Waals surface area contributed by atoms with Crippen LogP contribution in [-0.2, 0) is 4.79 Å². The van der Waals surface area contributed by atoms with Gasteiger partial charge in [-0.05, 0) is 31.9 Å². The maximum atomic E-state index is 12.6. The molecule has 0 bridgehead atoms. The second-order valence-electron chi connectivity index (χ2n) is 6.51. The molecule has 26 heavy (non-hydrogen) atoms. The molecule has 1 amide bonds. The smallest absolute Gasteiger partial charge is 0.265 e. The Morgan fingerprint density at radius 1 is 1.27 bits per heavy atom. The van der Waals surface area contributed by atoms with Gasteiger partial charge in [-0.25, -0.2) is 0 Å². The van der Waals surface area contributed by atoms with Crippen LogP contribution in [0.4, 0.5) is 0 Å². The number of thioether (sulfide) groups is 1. The predicted octanol–water partition coefficient (Wildman–Crippen LogP) is 2.79. The van der Waals surface area contributed by atoms with E-state index < -0.39 is 0 Å². The topological polar surface area (TPSA) is 84.2 Å². The number of hydrogen-bond donors (Lipinski definition) is 2. The van der Waals surface area contributed by atoms with Crippen LogP contribution in [0.15, 0.2) is 40.3 Å². The van der Waals surface area contributed by atoms with Gasteiger partial charge < -0.3 is 10.4 Å². The predicted molar refractivity (Wildman–Crippen MR) is 102 cm³/mol. The molecule has 1 aliphatic rings. The summed E-state index contributed by atoms with van der Waals surface area (Å²) >= 11 is 1.16. The van der Waals surface area contributed by atoms with Crippen molar-refractivity contribution in [3.05, 3.63) is 46.2 Å². The van der Waals surface area contributed by atoms with Gasteiger partial charge in [0.05, 0.1) is 17.0 Å². The third-order valence-electron chi connectivity index (χ3n) is 4.57. The number of aromatic hydroxyl groups is 1. The van der Waals surface area contributed by atoms with Gasteiger partial charge in [-0.1, -0.05) is 49.2 Å². The molecule has 0 atom stereocenters. The summed E-state index contributed by atoms with van der Waals surface area (Å²) in [7, 11) is 0. The molecule has 0 spiro atoms. The summed E-state index contributed by atoms with van der Waals surface area (Å²) in [6.07, 6.45) is 5.58. The summed E-state index contributed by atoms with van der Waals surface area (Å²) in [4.78, 5) is 29.0. The first-order chi connectivity index (χ1) is 12.6. The Bertz CT molecular complexity index is 830. The Kier molecular flexibility index (Phi) is 5.98. The lowest BCUT2D eigenvalue weighted by molar-refractivity contribution is -0.119. The Morgan fingerprint density at radius 3 is 2.65 bits per heavy atom. The van der Waals surface area contributed by atoms with E-state index in [9.17, 15) is 14.7 Å². The maximum Gasteiger partial charge on any atom is 0.265 e. The summed E-state index contributed by atoms with van der Waals surface area (Å²) in [5, 5.41) is 13.3. The number of para-hydroxylation sites is 1. The first-order valence-electron chi connectivity index (χ1n) is 8.86. The van der Waals surface area contributed by atoms with Crippen LogP contribution in [0.5, 0.6) is 5.88 Å². The fraction of sp³-hybridized carbons (Fsp3) is 0.421. The largest absolute Gasteiger partial charge is 0.493 e. The van der Waals surface area contributed by atoms with Crippen LogP contribution in [0, 0.1) is 6.92 Å². The molecule has 3 rings (SSSR count). The van der Waals surface area contributed by atoms with Crippen molar-refractivity contribution >= 4 is 17.7 Å². The van der Waals surface area contributed by atoms with E-state index in [1.807, 2.05) is 18.2 Å². The molecule has 0 radical (unpaired) electrons. The van der Waals surface area contributed by atoms with Crippen molar-refractivity contribution in [2.75, 3.05) is 5.75 Å². The first-order valence-corrected chi connectivity index (χ1v) is 9.85. The molecule has 1 aromatic carbocycles. The number of nitrogens with one attached hydrogen (secondary N) is 1. The van der Waals surface area contributed by atoms with Gasteiger partial charge in [-0.3, -0.25) is 14.2 Å². The number of carbonyl (C=O) groups excluding carboxylic acids is 1. The van der Waals surface area contributed by atoms with E-state index in [2.05, 4.69) is 10.3 Å². The summed E-state index contributed by atoms with van der Waals surface area (Å²) < 4.78 is 1.44. The van der Waals surface area contributed by atoms with Crippen molar-refractivity contribution in [2.45, 2.75) is 50.2 Å². The van der Waals surface area contributed by atoms with Gasteiger partial charge in [0.2, 0.25) is 11.8 Å². The van der Waals surface area contributed by atoms with E-state index in [0.717, 1.165) is 37.4 Å². The number of benzene rings is 1. The molecule has 0 aliphatic heterocycles. The Balaban J connectivity index is 1.78. The first kappa shape index (κ1) is 18.5. The number of aromatic nitrogens is 2. The lowest BCUT2D eigenvalue weighted by Gasteiger charge is -2.22. The molecule has 0 unspecified atom stereocenters. The standard InChI is InChI=1S/C19H23N3O3S/c1-13-17(24)21-19(22(18(13)25)15-10-6-3-7-11-15)26-12-16(23)20-14-8-4-2-5-9-14/h3,6-7,10-11,14,24H,2,4-5,8-9,12H2,1H3,(H,20,23). The molecule has 2 aromatic rings. The minimum atomic E-state index is -0.334. The van der Waals surface area contributed by atoms with Gasteiger partial charge in [0.15, 0.2) is 5.16 Å². The van der Waals surface area contributed by atoms with Crippen molar-refractivity contribution in [2.24, 2.45) is 0 Å². The number of carbonyl (C=O) groups is 1. The molecule has 1 aromatic heterocycles. The SMILES string of the molecule is Cc1c(O)nc(SCC(=O)NC2CCCCC2)n(-c2ccccc2)c1=O. The zero-order valence-corrected chi connectivity index (χ0v) is 15.6. The van der Waals surface area contributed by atoms with E-state index in [4.69, 9.17) is 0 Å². The average molecular weight is 373 g/mol. The van der Waals surface area contributed by atoms with Gasteiger partial charge in [-0.15, -0.1) is 0 Å². The molecular weight excluding hydrogens is 350 g/mol. The van der Waals surface area contributed by atoms with Crippen molar-refractivity contribution in [1.29, 1.82) is 0 Å². The van der Waals surface area contributed by atoms with Crippen LogP contribution in [0.1, 0.15) is 37.7 Å². The van der Waals surface area contributed by atoms with Crippen LogP contribution in [-0.4, -0.2) is 32.4 Å². The number of hydrogen-bond acceptors (Lipinski definition) is 5. The maximum absolute atomic E-state index is 12.6. The highest BCUT2D eigenvalue weighted by molar-refractivity contribution is 7.99. The molecule has 1 saturated carbocycles. The Morgan fingerprint density at radius 2 is 1.96 bits per heavy atom. The number of amides is 1. The monoisotopic (exact) mass is 373 g/mol. The highest BCUT2D eigenvalue weighted by atomic mass is 32.2. The molecule has 1 heterocycles. The fourth-order valence-electron chi connectivity index (χ4n) is 3.12. The second-order valence-corrected chi connectivity index (χ2v) is 7.45. The molecule has 1 aliphatic carbocycles. The van der Waals surface area contributed by atoms with Crippen molar-refractivity contribution < 1.29 is 9.90 Å². The number of nitrogens with zero attached hydrogens (tertiary/aromatic N) is 2. The third-order valence-corrected chi connectivity index (χ3v) is 5.51. The molecule has 6 nitrogen and oxygen atoms in total. The highest BCUT2D eigenvalue weighted by Crippen LogP contribution is 2.22. The summed E-state index contributed by atoms with van der Waals surface area (Å²) in [6, 6.07) is 9.35. The van der Waals surface area contributed by atoms with Crippen LogP contribution in [0.3, 0.4) is 0 Å². The average Bonchev–Trinajstić information content (AvgIpc) is 2.66. The molecule has 0 saturated heterocycles. The van der Waals surface area contributed by atoms with E-state index in [0.29, 0.717) is 10.8 Å². The molecule has 7 heteroatoms. The van der Waals surface area contributed by atoms with Gasteiger partial charge >= 0.3 is 0 Å². The molecular formula is C19H23N3O3S. The fourth-order valence-corrected chi connectivity index (χ4v) is 3.93. The van der Waals surface area contributed by atoms with Crippen molar-refractivity contribution in [3.8, 4) is 11.6 Å². The Hall–Kier alpha value is -2.28. The summed E-state index contributed by atoms with van der Waals surface area (Å²) in [6.45, 7) is 1.54. The molecule has 1 fully saturated rings. The van der Waals surface area contributed by atoms with Crippen LogP contribution < -0.4 is 10.9 Å². The lowest BCUT2D eigenvalue weighted by atomic mass is 9.95. The van der Waals surface area contributed by atoms with Crippen molar-refractivity contribution in [1.82, 2.24) is 14.9 Å². The molecule has 138 valence electrons. The second kappa shape index (κ2) is 8.40. The van der Waals surface area contributed by atoms with Gasteiger partial charge in [-0.2, -0.15) is 4.98 Å². The quantitative estimate of drug-likeness (QED) is 0.622. The lowest BCUT2D eigenvalue weighted by Crippen LogP contribution is -2.37. The zero-order valence-electron chi connectivity index (χ0n) is 14.8. The summed E-state index contributed by atoms with van der Waals surface area (Å²) in [5.41, 5.74) is 0.507. The van der Waals surface area contributed by atoms with E-state index >= 15 is 0 Å². The van der Waals surface area contributed by atoms with Crippen LogP contribution >= 0.6 is 11.8 Å².